The van der Waals surface area contributed by atoms with Gasteiger partial charge in [-0.05, 0) is 50.9 Å². The summed E-state index contributed by atoms with van der Waals surface area (Å²) in [6.45, 7) is 6.46. The number of carbonyl (C=O) groups excluding carboxylic acids is 1. The number of piperidine rings is 1. The van der Waals surface area contributed by atoms with Crippen LogP contribution in [0.2, 0.25) is 10.0 Å². The van der Waals surface area contributed by atoms with Crippen LogP contribution >= 0.6 is 23.2 Å². The molecule has 1 aromatic carbocycles. The van der Waals surface area contributed by atoms with E-state index in [4.69, 9.17) is 23.2 Å². The summed E-state index contributed by atoms with van der Waals surface area (Å²) in [6, 6.07) is 5.71. The largest absolute Gasteiger partial charge is 0.336 e. The summed E-state index contributed by atoms with van der Waals surface area (Å²) in [5, 5.41) is 4.38. The molecule has 0 aromatic heterocycles. The minimum absolute atomic E-state index is 0.0870. The molecular weight excluding hydrogens is 307 g/mol. The molecule has 2 rings (SSSR count). The first-order chi connectivity index (χ1) is 9.99. The van der Waals surface area contributed by atoms with Gasteiger partial charge in [-0.2, -0.15) is 0 Å². The monoisotopic (exact) mass is 328 g/mol. The van der Waals surface area contributed by atoms with Crippen molar-refractivity contribution in [1.29, 1.82) is 0 Å². The fraction of sp³-hybridized carbons (Fsp3) is 0.562. The normalized spacial score (nSPS) is 18.8. The lowest BCUT2D eigenvalue weighted by molar-refractivity contribution is -0.138. The van der Waals surface area contributed by atoms with Crippen LogP contribution in [-0.2, 0) is 11.3 Å². The zero-order chi connectivity index (χ0) is 15.4. The van der Waals surface area contributed by atoms with Gasteiger partial charge in [0, 0.05) is 19.1 Å². The van der Waals surface area contributed by atoms with E-state index in [0.29, 0.717) is 16.6 Å². The van der Waals surface area contributed by atoms with E-state index in [0.717, 1.165) is 31.5 Å². The van der Waals surface area contributed by atoms with E-state index in [1.807, 2.05) is 30.9 Å². The Labute approximate surface area is 136 Å². The predicted octanol–water partition coefficient (Wildman–Crippen LogP) is 3.73. The van der Waals surface area contributed by atoms with Crippen LogP contribution in [0.3, 0.4) is 0 Å². The first-order valence-electron chi connectivity index (χ1n) is 7.44. The maximum Gasteiger partial charge on any atom is 0.227 e. The first kappa shape index (κ1) is 16.6. The molecule has 1 fully saturated rings. The first-order valence-corrected chi connectivity index (χ1v) is 8.19. The van der Waals surface area contributed by atoms with Crippen molar-refractivity contribution in [3.8, 4) is 0 Å². The van der Waals surface area contributed by atoms with Gasteiger partial charge in [0.05, 0.1) is 16.0 Å². The zero-order valence-electron chi connectivity index (χ0n) is 12.5. The Bertz CT molecular complexity index is 499. The van der Waals surface area contributed by atoms with Gasteiger partial charge in [0.15, 0.2) is 0 Å². The molecule has 1 N–H and O–H groups in total. The lowest BCUT2D eigenvalue weighted by Crippen LogP contribution is -2.45. The Morgan fingerprint density at radius 1 is 1.38 bits per heavy atom. The second kappa shape index (κ2) is 7.48. The van der Waals surface area contributed by atoms with Crippen molar-refractivity contribution < 1.29 is 4.79 Å². The highest BCUT2D eigenvalue weighted by Crippen LogP contribution is 2.24. The van der Waals surface area contributed by atoms with Crippen molar-refractivity contribution in [1.82, 2.24) is 10.2 Å². The summed E-state index contributed by atoms with van der Waals surface area (Å²) < 4.78 is 0. The fourth-order valence-corrected chi connectivity index (χ4v) is 2.97. The highest BCUT2D eigenvalue weighted by molar-refractivity contribution is 6.42. The molecule has 1 saturated heterocycles. The smallest absolute Gasteiger partial charge is 0.227 e. The average molecular weight is 329 g/mol. The molecule has 0 spiro atoms. The van der Waals surface area contributed by atoms with E-state index >= 15 is 0 Å². The number of halogens is 2. The van der Waals surface area contributed by atoms with Gasteiger partial charge in [0.25, 0.3) is 0 Å². The number of rotatable bonds is 4. The Morgan fingerprint density at radius 3 is 2.71 bits per heavy atom. The van der Waals surface area contributed by atoms with Crippen LogP contribution < -0.4 is 5.32 Å². The Hall–Kier alpha value is -0.770. The molecule has 1 amide bonds. The molecule has 0 bridgehead atoms. The van der Waals surface area contributed by atoms with E-state index in [1.165, 1.54) is 0 Å². The Balaban J connectivity index is 2.10. The van der Waals surface area contributed by atoms with E-state index in [-0.39, 0.29) is 17.9 Å². The lowest BCUT2D eigenvalue weighted by Gasteiger charge is -2.32. The predicted molar refractivity (Wildman–Crippen MR) is 87.7 cm³/mol. The summed E-state index contributed by atoms with van der Waals surface area (Å²) in [6.07, 6.45) is 2.03. The second-order valence-electron chi connectivity index (χ2n) is 5.85. The summed E-state index contributed by atoms with van der Waals surface area (Å²) in [7, 11) is 0. The second-order valence-corrected chi connectivity index (χ2v) is 6.67. The Kier molecular flexibility index (Phi) is 5.91. The maximum absolute atomic E-state index is 12.7. The molecule has 0 saturated carbocycles. The summed E-state index contributed by atoms with van der Waals surface area (Å²) >= 11 is 12.0. The topological polar surface area (TPSA) is 32.3 Å². The SMILES string of the molecule is CC(C)N(Cc1ccc(Cl)c(Cl)c1)C(=O)[C@@H]1CCCNC1. The zero-order valence-corrected chi connectivity index (χ0v) is 14.0. The third-order valence-corrected chi connectivity index (χ3v) is 4.63. The maximum atomic E-state index is 12.7. The van der Waals surface area contributed by atoms with Gasteiger partial charge < -0.3 is 10.2 Å². The summed E-state index contributed by atoms with van der Waals surface area (Å²) in [4.78, 5) is 14.7. The van der Waals surface area contributed by atoms with Crippen molar-refractivity contribution in [2.75, 3.05) is 13.1 Å². The molecule has 116 valence electrons. The highest BCUT2D eigenvalue weighted by Gasteiger charge is 2.27. The molecule has 1 aromatic rings. The fourth-order valence-electron chi connectivity index (χ4n) is 2.65. The molecule has 5 heteroatoms. The molecule has 1 aliphatic heterocycles. The molecule has 1 heterocycles. The molecule has 21 heavy (non-hydrogen) atoms. The average Bonchev–Trinajstić information content (AvgIpc) is 2.48. The number of benzene rings is 1. The summed E-state index contributed by atoms with van der Waals surface area (Å²) in [5.41, 5.74) is 1.01. The molecule has 1 aliphatic rings. The number of hydrogen-bond donors (Lipinski definition) is 1. The number of nitrogens with one attached hydrogen (secondary N) is 1. The van der Waals surface area contributed by atoms with Gasteiger partial charge >= 0.3 is 0 Å². The van der Waals surface area contributed by atoms with Gasteiger partial charge in [-0.15, -0.1) is 0 Å². The quantitative estimate of drug-likeness (QED) is 0.913. The van der Waals surface area contributed by atoms with Crippen LogP contribution in [0.15, 0.2) is 18.2 Å². The van der Waals surface area contributed by atoms with Crippen LogP contribution in [-0.4, -0.2) is 29.9 Å². The number of nitrogens with zero attached hydrogens (tertiary/aromatic N) is 1. The van der Waals surface area contributed by atoms with Crippen molar-refractivity contribution >= 4 is 29.1 Å². The molecule has 0 radical (unpaired) electrons. The molecular formula is C16H22Cl2N2O. The lowest BCUT2D eigenvalue weighted by atomic mass is 9.97. The van der Waals surface area contributed by atoms with Gasteiger partial charge in [0.1, 0.15) is 0 Å². The van der Waals surface area contributed by atoms with Crippen LogP contribution in [0, 0.1) is 5.92 Å². The van der Waals surface area contributed by atoms with Crippen LogP contribution in [0.1, 0.15) is 32.3 Å². The van der Waals surface area contributed by atoms with Crippen molar-refractivity contribution in [2.24, 2.45) is 5.92 Å². The molecule has 0 aliphatic carbocycles. The van der Waals surface area contributed by atoms with Crippen molar-refractivity contribution in [3.05, 3.63) is 33.8 Å². The van der Waals surface area contributed by atoms with E-state index < -0.39 is 0 Å². The Morgan fingerprint density at radius 2 is 2.14 bits per heavy atom. The van der Waals surface area contributed by atoms with Crippen molar-refractivity contribution in [2.45, 2.75) is 39.3 Å². The minimum atomic E-state index is 0.0870. The number of amides is 1. The van der Waals surface area contributed by atoms with Gasteiger partial charge in [-0.1, -0.05) is 29.3 Å². The number of carbonyl (C=O) groups is 1. The third-order valence-electron chi connectivity index (χ3n) is 3.89. The van der Waals surface area contributed by atoms with Gasteiger partial charge in [0.2, 0.25) is 5.91 Å². The molecule has 0 unspecified atom stereocenters. The minimum Gasteiger partial charge on any atom is -0.336 e. The molecule has 3 nitrogen and oxygen atoms in total. The standard InChI is InChI=1S/C16H22Cl2N2O/c1-11(2)20(16(21)13-4-3-7-19-9-13)10-12-5-6-14(17)15(18)8-12/h5-6,8,11,13,19H,3-4,7,9-10H2,1-2H3/t13-/m1/s1. The highest BCUT2D eigenvalue weighted by atomic mass is 35.5. The van der Waals surface area contributed by atoms with Crippen LogP contribution in [0.4, 0.5) is 0 Å². The van der Waals surface area contributed by atoms with Crippen LogP contribution in [0.25, 0.3) is 0 Å². The number of hydrogen-bond acceptors (Lipinski definition) is 2. The van der Waals surface area contributed by atoms with E-state index in [1.54, 1.807) is 6.07 Å². The molecule has 1 atom stereocenters. The van der Waals surface area contributed by atoms with Crippen molar-refractivity contribution in [3.63, 3.8) is 0 Å². The third kappa shape index (κ3) is 4.35. The van der Waals surface area contributed by atoms with Crippen LogP contribution in [0.5, 0.6) is 0 Å². The van der Waals surface area contributed by atoms with Gasteiger partial charge in [-0.25, -0.2) is 0 Å². The summed E-state index contributed by atoms with van der Waals surface area (Å²) in [5.74, 6) is 0.312. The van der Waals surface area contributed by atoms with E-state index in [2.05, 4.69) is 5.32 Å². The van der Waals surface area contributed by atoms with E-state index in [9.17, 15) is 4.79 Å². The van der Waals surface area contributed by atoms with Gasteiger partial charge in [-0.3, -0.25) is 4.79 Å².